The van der Waals surface area contributed by atoms with Crippen LogP contribution in [0.1, 0.15) is 20.7 Å². The minimum Gasteiger partial charge on any atom is -0.418 e. The summed E-state index contributed by atoms with van der Waals surface area (Å²) in [6, 6.07) is 6.74. The van der Waals surface area contributed by atoms with Crippen molar-refractivity contribution in [2.45, 2.75) is 0 Å². The fourth-order valence-electron chi connectivity index (χ4n) is 1.12. The molecule has 2 amide bonds. The monoisotopic (exact) mass is 234 g/mol. The number of benzene rings is 1. The number of imide groups is 1. The molecule has 1 aromatic carbocycles. The van der Waals surface area contributed by atoms with Crippen molar-refractivity contribution in [3.05, 3.63) is 35.4 Å². The Morgan fingerprint density at radius 1 is 0.875 bits per heavy atom. The maximum absolute atomic E-state index is 10.9. The second-order valence-electron chi connectivity index (χ2n) is 2.82. The van der Waals surface area contributed by atoms with Crippen LogP contribution in [0.2, 0.25) is 0 Å². The fraction of sp³-hybridized carbons (Fsp3) is 0. The number of hydrogen-bond acceptors (Lipinski definition) is 2. The van der Waals surface area contributed by atoms with Crippen molar-refractivity contribution in [1.29, 1.82) is 0 Å². The van der Waals surface area contributed by atoms with E-state index in [0.717, 1.165) is 0 Å². The lowest BCUT2D eigenvalue weighted by Crippen LogP contribution is -2.19. The van der Waals surface area contributed by atoms with Crippen LogP contribution in [-0.4, -0.2) is 19.1 Å². The Labute approximate surface area is 87.6 Å². The summed E-state index contributed by atoms with van der Waals surface area (Å²) in [6.07, 6.45) is 0. The predicted molar refractivity (Wildman–Crippen MR) is 48.4 cm³/mol. The summed E-state index contributed by atoms with van der Waals surface area (Å²) in [7, 11) is -6.00. The topological polar surface area (TPSA) is 46.2 Å². The van der Waals surface area contributed by atoms with E-state index in [0.29, 0.717) is 11.1 Å². The molecule has 0 spiro atoms. The summed E-state index contributed by atoms with van der Waals surface area (Å²) < 4.78 is 39.0. The van der Waals surface area contributed by atoms with E-state index in [9.17, 15) is 26.9 Å². The molecular formula is C8H5BF4NO2-. The zero-order valence-electron chi connectivity index (χ0n) is 7.72. The summed E-state index contributed by atoms with van der Waals surface area (Å²) >= 11 is 0. The molecule has 0 bridgehead atoms. The van der Waals surface area contributed by atoms with Crippen molar-refractivity contribution in [3.63, 3.8) is 0 Å². The van der Waals surface area contributed by atoms with E-state index in [1.165, 1.54) is 0 Å². The largest absolute Gasteiger partial charge is 0.673 e. The highest BCUT2D eigenvalue weighted by atomic mass is 19.5. The fourth-order valence-corrected chi connectivity index (χ4v) is 1.12. The third kappa shape index (κ3) is 3.37. The van der Waals surface area contributed by atoms with Gasteiger partial charge in [0.2, 0.25) is 0 Å². The van der Waals surface area contributed by atoms with Crippen LogP contribution in [-0.2, 0) is 0 Å². The van der Waals surface area contributed by atoms with Crippen molar-refractivity contribution >= 4 is 19.1 Å². The van der Waals surface area contributed by atoms with Gasteiger partial charge in [0.05, 0.1) is 11.1 Å². The van der Waals surface area contributed by atoms with Crippen LogP contribution in [0.15, 0.2) is 24.3 Å². The van der Waals surface area contributed by atoms with Gasteiger partial charge in [-0.25, -0.2) is 0 Å². The van der Waals surface area contributed by atoms with E-state index in [-0.39, 0.29) is 11.8 Å². The Morgan fingerprint density at radius 3 is 1.50 bits per heavy atom. The van der Waals surface area contributed by atoms with Crippen molar-refractivity contribution in [2.75, 3.05) is 0 Å². The van der Waals surface area contributed by atoms with Crippen LogP contribution in [0.3, 0.4) is 0 Å². The first-order chi connectivity index (χ1) is 7.29. The van der Waals surface area contributed by atoms with E-state index >= 15 is 0 Å². The molecular weight excluding hydrogens is 229 g/mol. The quantitative estimate of drug-likeness (QED) is 0.423. The first kappa shape index (κ1) is 12.2. The molecule has 2 rings (SSSR count). The van der Waals surface area contributed by atoms with E-state index in [2.05, 4.69) is 5.32 Å². The number of carbonyl (C=O) groups is 2. The molecule has 0 aromatic heterocycles. The summed E-state index contributed by atoms with van der Waals surface area (Å²) in [4.78, 5) is 21.9. The van der Waals surface area contributed by atoms with Crippen LogP contribution in [0.5, 0.6) is 0 Å². The van der Waals surface area contributed by atoms with Crippen molar-refractivity contribution < 1.29 is 26.9 Å². The molecule has 16 heavy (non-hydrogen) atoms. The summed E-state index contributed by atoms with van der Waals surface area (Å²) in [5.74, 6) is -0.601. The van der Waals surface area contributed by atoms with Gasteiger partial charge in [-0.2, -0.15) is 0 Å². The van der Waals surface area contributed by atoms with Crippen LogP contribution >= 0.6 is 0 Å². The van der Waals surface area contributed by atoms with Crippen molar-refractivity contribution in [3.8, 4) is 0 Å². The third-order valence-corrected chi connectivity index (χ3v) is 1.64. The van der Waals surface area contributed by atoms with Gasteiger partial charge >= 0.3 is 7.25 Å². The lowest BCUT2D eigenvalue weighted by molar-refractivity contribution is 0.0879. The molecule has 3 nitrogen and oxygen atoms in total. The Balaban J connectivity index is 0.000000221. The number of fused-ring (bicyclic) bond motifs is 1. The Morgan fingerprint density at radius 2 is 1.19 bits per heavy atom. The molecule has 0 unspecified atom stereocenters. The minimum atomic E-state index is -6.00. The van der Waals surface area contributed by atoms with Gasteiger partial charge in [-0.3, -0.25) is 14.9 Å². The van der Waals surface area contributed by atoms with E-state index in [1.54, 1.807) is 24.3 Å². The number of hydrogen-bond donors (Lipinski definition) is 1. The normalized spacial score (nSPS) is 13.8. The number of nitrogens with one attached hydrogen (secondary N) is 1. The van der Waals surface area contributed by atoms with Crippen LogP contribution < -0.4 is 5.32 Å². The van der Waals surface area contributed by atoms with Gasteiger partial charge in [-0.1, -0.05) is 12.1 Å². The van der Waals surface area contributed by atoms with Crippen LogP contribution in [0, 0.1) is 0 Å². The molecule has 8 heteroatoms. The maximum Gasteiger partial charge on any atom is 0.673 e. The van der Waals surface area contributed by atoms with E-state index in [1.807, 2.05) is 0 Å². The molecule has 1 N–H and O–H groups in total. The Kier molecular flexibility index (Phi) is 3.31. The van der Waals surface area contributed by atoms with Gasteiger partial charge in [-0.05, 0) is 12.1 Å². The molecule has 1 aliphatic rings. The molecule has 1 aromatic rings. The van der Waals surface area contributed by atoms with Gasteiger partial charge in [0.1, 0.15) is 0 Å². The highest BCUT2D eigenvalue weighted by molar-refractivity contribution is 6.50. The van der Waals surface area contributed by atoms with Crippen LogP contribution in [0.25, 0.3) is 0 Å². The molecule has 0 saturated heterocycles. The van der Waals surface area contributed by atoms with Crippen LogP contribution in [0.4, 0.5) is 17.3 Å². The minimum absolute atomic E-state index is 0.300. The Bertz CT molecular complexity index is 393. The number of halogens is 4. The maximum atomic E-state index is 10.9. The lowest BCUT2D eigenvalue weighted by Gasteiger charge is -1.94. The van der Waals surface area contributed by atoms with Gasteiger partial charge in [0.25, 0.3) is 11.8 Å². The SMILES string of the molecule is F[B-](F)(F)F.O=C1NC(=O)c2ccccc21. The summed E-state index contributed by atoms with van der Waals surface area (Å²) in [5.41, 5.74) is 0.940. The molecule has 0 fully saturated rings. The average Bonchev–Trinajstić information content (AvgIpc) is 2.41. The predicted octanol–water partition coefficient (Wildman–Crippen LogP) is 1.87. The first-order valence-corrected chi connectivity index (χ1v) is 4.11. The summed E-state index contributed by atoms with van der Waals surface area (Å²) in [5, 5.41) is 2.20. The number of amides is 2. The summed E-state index contributed by atoms with van der Waals surface area (Å²) in [6.45, 7) is 0. The second-order valence-corrected chi connectivity index (χ2v) is 2.82. The van der Waals surface area contributed by atoms with E-state index in [4.69, 9.17) is 0 Å². The molecule has 1 aliphatic heterocycles. The second kappa shape index (κ2) is 4.34. The number of rotatable bonds is 0. The molecule has 0 radical (unpaired) electrons. The lowest BCUT2D eigenvalue weighted by atomic mass is 10.1. The average molecular weight is 234 g/mol. The number of carbonyl (C=O) groups excluding carboxylic acids is 2. The molecule has 86 valence electrons. The zero-order chi connectivity index (χ0) is 12.3. The first-order valence-electron chi connectivity index (χ1n) is 4.11. The zero-order valence-corrected chi connectivity index (χ0v) is 7.72. The van der Waals surface area contributed by atoms with Gasteiger partial charge in [-0.15, -0.1) is 0 Å². The molecule has 0 atom stereocenters. The molecule has 1 heterocycles. The van der Waals surface area contributed by atoms with Crippen molar-refractivity contribution in [1.82, 2.24) is 5.32 Å². The van der Waals surface area contributed by atoms with Gasteiger partial charge in [0.15, 0.2) is 0 Å². The highest BCUT2D eigenvalue weighted by Crippen LogP contribution is 2.13. The third-order valence-electron chi connectivity index (χ3n) is 1.64. The van der Waals surface area contributed by atoms with E-state index < -0.39 is 7.25 Å². The molecule has 0 saturated carbocycles. The van der Waals surface area contributed by atoms with Crippen molar-refractivity contribution in [2.24, 2.45) is 0 Å². The molecule has 0 aliphatic carbocycles. The smallest absolute Gasteiger partial charge is 0.418 e. The highest BCUT2D eigenvalue weighted by Gasteiger charge is 2.25. The van der Waals surface area contributed by atoms with Gasteiger partial charge in [0, 0.05) is 0 Å². The Hall–Kier alpha value is -1.86. The van der Waals surface area contributed by atoms with Gasteiger partial charge < -0.3 is 17.3 Å². The standard InChI is InChI=1S/C8H5NO2.BF4/c10-7-5-3-1-2-4-6(5)8(11)9-7;2-1(3,4)5/h1-4H,(H,9,10,11);/q;-1.